The summed E-state index contributed by atoms with van der Waals surface area (Å²) in [6.45, 7) is 8.99. The van der Waals surface area contributed by atoms with Crippen LogP contribution in [0.3, 0.4) is 0 Å². The van der Waals surface area contributed by atoms with E-state index < -0.39 is 45.8 Å². The molecule has 1 aliphatic heterocycles. The second-order valence-corrected chi connectivity index (χ2v) is 14.1. The molecule has 3 N–H and O–H groups in total. The van der Waals surface area contributed by atoms with Crippen LogP contribution in [0.25, 0.3) is 0 Å². The van der Waals surface area contributed by atoms with Crippen molar-refractivity contribution < 1.29 is 31.9 Å². The number of benzene rings is 3. The van der Waals surface area contributed by atoms with E-state index in [4.69, 9.17) is 0 Å². The van der Waals surface area contributed by atoms with Crippen LogP contribution in [-0.2, 0) is 16.4 Å². The van der Waals surface area contributed by atoms with E-state index in [9.17, 15) is 31.9 Å². The zero-order chi connectivity index (χ0) is 34.3. The van der Waals surface area contributed by atoms with E-state index in [0.29, 0.717) is 24.2 Å². The Kier molecular flexibility index (Phi) is 12.2. The fourth-order valence-electron chi connectivity index (χ4n) is 5.97. The summed E-state index contributed by atoms with van der Waals surface area (Å²) in [5, 5.41) is 17.6. The minimum atomic E-state index is -3.89. The van der Waals surface area contributed by atoms with Gasteiger partial charge in [-0.25, -0.2) is 17.2 Å². The van der Waals surface area contributed by atoms with Crippen molar-refractivity contribution in [3.05, 3.63) is 100 Å². The lowest BCUT2D eigenvalue weighted by atomic mass is 9.94. The molecule has 9 nitrogen and oxygen atoms in total. The van der Waals surface area contributed by atoms with Crippen molar-refractivity contribution in [3.63, 3.8) is 0 Å². The SMILES string of the molecule is CCCN(CCC)C(=O)c1cc(C)cc(C(=O)NC(Cc2cc(F)cc(F)c2)[C@H](O)[C@H]2CN(S(=O)(=O)c3cccc(C)c3)CCN2)c1. The van der Waals surface area contributed by atoms with E-state index >= 15 is 0 Å². The third-order valence-electron chi connectivity index (χ3n) is 8.18. The maximum atomic E-state index is 14.2. The fraction of sp³-hybridized carbons (Fsp3) is 0.429. The van der Waals surface area contributed by atoms with Gasteiger partial charge in [-0.3, -0.25) is 9.59 Å². The number of aliphatic hydroxyl groups is 1. The molecule has 0 aliphatic carbocycles. The summed E-state index contributed by atoms with van der Waals surface area (Å²) < 4.78 is 56.6. The number of nitrogens with zero attached hydrogens (tertiary/aromatic N) is 2. The van der Waals surface area contributed by atoms with E-state index in [2.05, 4.69) is 10.6 Å². The van der Waals surface area contributed by atoms with Gasteiger partial charge in [0.25, 0.3) is 11.8 Å². The first-order valence-electron chi connectivity index (χ1n) is 16.0. The highest BCUT2D eigenvalue weighted by atomic mass is 32.2. The smallest absolute Gasteiger partial charge is 0.253 e. The van der Waals surface area contributed by atoms with Gasteiger partial charge in [0.2, 0.25) is 10.0 Å². The third-order valence-corrected chi connectivity index (χ3v) is 10.0. The number of hydrogen-bond acceptors (Lipinski definition) is 6. The summed E-state index contributed by atoms with van der Waals surface area (Å²) in [5.41, 5.74) is 2.20. The molecule has 2 amide bonds. The summed E-state index contributed by atoms with van der Waals surface area (Å²) in [6, 6.07) is 12.5. The second-order valence-electron chi connectivity index (χ2n) is 12.2. The van der Waals surface area contributed by atoms with Crippen LogP contribution in [-0.4, -0.2) is 85.5 Å². The maximum Gasteiger partial charge on any atom is 0.253 e. The fourth-order valence-corrected chi connectivity index (χ4v) is 7.54. The lowest BCUT2D eigenvalue weighted by molar-refractivity contribution is 0.0600. The number of halogens is 2. The Morgan fingerprint density at radius 3 is 2.28 bits per heavy atom. The third kappa shape index (κ3) is 9.22. The lowest BCUT2D eigenvalue weighted by Crippen LogP contribution is -2.62. The first-order chi connectivity index (χ1) is 22.3. The average Bonchev–Trinajstić information content (AvgIpc) is 3.03. The first kappa shape index (κ1) is 36.1. The maximum absolute atomic E-state index is 14.2. The van der Waals surface area contributed by atoms with Gasteiger partial charge in [-0.1, -0.05) is 26.0 Å². The number of hydrogen-bond donors (Lipinski definition) is 3. The molecule has 1 fully saturated rings. The molecule has 0 aromatic heterocycles. The summed E-state index contributed by atoms with van der Waals surface area (Å²) in [7, 11) is -3.89. The molecule has 3 aromatic rings. The number of carbonyl (C=O) groups is 2. The predicted octanol–water partition coefficient (Wildman–Crippen LogP) is 4.21. The van der Waals surface area contributed by atoms with Gasteiger partial charge in [0.05, 0.1) is 17.0 Å². The Morgan fingerprint density at radius 1 is 0.979 bits per heavy atom. The normalized spacial score (nSPS) is 16.8. The van der Waals surface area contributed by atoms with Crippen molar-refractivity contribution in [1.29, 1.82) is 0 Å². The van der Waals surface area contributed by atoms with Gasteiger partial charge < -0.3 is 20.6 Å². The van der Waals surface area contributed by atoms with Gasteiger partial charge in [-0.15, -0.1) is 0 Å². The second kappa shape index (κ2) is 15.9. The van der Waals surface area contributed by atoms with Crippen molar-refractivity contribution >= 4 is 21.8 Å². The van der Waals surface area contributed by atoms with Gasteiger partial charge >= 0.3 is 0 Å². The van der Waals surface area contributed by atoms with Crippen LogP contribution in [0.5, 0.6) is 0 Å². The van der Waals surface area contributed by atoms with Crippen LogP contribution in [0.2, 0.25) is 0 Å². The summed E-state index contributed by atoms with van der Waals surface area (Å²) in [6.07, 6.45) is 0.0491. The summed E-state index contributed by atoms with van der Waals surface area (Å²) in [4.78, 5) is 29.0. The molecule has 3 aromatic carbocycles. The Hall–Kier alpha value is -3.71. The molecule has 0 radical (unpaired) electrons. The minimum Gasteiger partial charge on any atom is -0.389 e. The number of carbonyl (C=O) groups excluding carboxylic acids is 2. The topological polar surface area (TPSA) is 119 Å². The average molecular weight is 671 g/mol. The number of amides is 2. The van der Waals surface area contributed by atoms with Crippen LogP contribution in [0.1, 0.15) is 64.1 Å². The highest BCUT2D eigenvalue weighted by Crippen LogP contribution is 2.22. The zero-order valence-corrected chi connectivity index (χ0v) is 28.1. The molecule has 1 heterocycles. The van der Waals surface area contributed by atoms with Gasteiger partial charge in [-0.05, 0) is 92.3 Å². The number of nitrogens with one attached hydrogen (secondary N) is 2. The van der Waals surface area contributed by atoms with Crippen LogP contribution < -0.4 is 10.6 Å². The molecule has 254 valence electrons. The molecule has 1 saturated heterocycles. The van der Waals surface area contributed by atoms with Crippen LogP contribution >= 0.6 is 0 Å². The van der Waals surface area contributed by atoms with Crippen molar-refractivity contribution in [2.75, 3.05) is 32.7 Å². The molecule has 0 spiro atoms. The molecular weight excluding hydrogens is 626 g/mol. The Bertz CT molecular complexity index is 1660. The highest BCUT2D eigenvalue weighted by molar-refractivity contribution is 7.89. The Morgan fingerprint density at radius 2 is 1.64 bits per heavy atom. The monoisotopic (exact) mass is 670 g/mol. The predicted molar refractivity (Wildman–Crippen MR) is 177 cm³/mol. The molecule has 0 saturated carbocycles. The van der Waals surface area contributed by atoms with Crippen molar-refractivity contribution in [3.8, 4) is 0 Å². The minimum absolute atomic E-state index is 0.102. The number of piperazine rings is 1. The van der Waals surface area contributed by atoms with Gasteiger partial charge in [0.1, 0.15) is 11.6 Å². The van der Waals surface area contributed by atoms with Crippen molar-refractivity contribution in [1.82, 2.24) is 19.8 Å². The van der Waals surface area contributed by atoms with Gasteiger partial charge in [0.15, 0.2) is 0 Å². The molecule has 4 rings (SSSR count). The summed E-state index contributed by atoms with van der Waals surface area (Å²) in [5.74, 6) is -2.41. The van der Waals surface area contributed by atoms with Gasteiger partial charge in [-0.2, -0.15) is 4.31 Å². The van der Waals surface area contributed by atoms with Crippen LogP contribution in [0, 0.1) is 25.5 Å². The van der Waals surface area contributed by atoms with Crippen LogP contribution in [0.15, 0.2) is 65.6 Å². The molecule has 12 heteroatoms. The number of aryl methyl sites for hydroxylation is 2. The van der Waals surface area contributed by atoms with E-state index in [0.717, 1.165) is 36.6 Å². The largest absolute Gasteiger partial charge is 0.389 e. The van der Waals surface area contributed by atoms with E-state index in [1.807, 2.05) is 13.8 Å². The Labute approximate surface area is 276 Å². The molecule has 1 unspecified atom stereocenters. The van der Waals surface area contributed by atoms with E-state index in [1.54, 1.807) is 49.1 Å². The van der Waals surface area contributed by atoms with E-state index in [1.165, 1.54) is 16.4 Å². The number of sulfonamides is 1. The van der Waals surface area contributed by atoms with Gasteiger partial charge in [0, 0.05) is 56.0 Å². The first-order valence-corrected chi connectivity index (χ1v) is 17.4. The zero-order valence-electron chi connectivity index (χ0n) is 27.3. The quantitative estimate of drug-likeness (QED) is 0.251. The van der Waals surface area contributed by atoms with Crippen molar-refractivity contribution in [2.24, 2.45) is 0 Å². The standard InChI is InChI=1S/C35H44F2N4O5S/c1-5-11-40(12-6-2)35(44)27-15-24(4)14-26(20-27)34(43)39-31(19-25-17-28(36)21-29(37)18-25)33(42)32-22-41(13-10-38-32)47(45,46)30-9-7-8-23(3)16-30/h7-9,14-18,20-21,31-33,38,42H,5-6,10-13,19,22H2,1-4H3,(H,39,43)/t31?,32-,33+/m1/s1. The van der Waals surface area contributed by atoms with E-state index in [-0.39, 0.29) is 48.0 Å². The molecule has 3 atom stereocenters. The lowest BCUT2D eigenvalue weighted by Gasteiger charge is -2.38. The van der Waals surface area contributed by atoms with Crippen molar-refractivity contribution in [2.45, 2.75) is 70.0 Å². The number of aliphatic hydroxyl groups excluding tert-OH is 1. The Balaban J connectivity index is 1.62. The molecule has 0 bridgehead atoms. The van der Waals surface area contributed by atoms with Crippen LogP contribution in [0.4, 0.5) is 8.78 Å². The molecule has 47 heavy (non-hydrogen) atoms. The summed E-state index contributed by atoms with van der Waals surface area (Å²) >= 11 is 0. The molecule has 1 aliphatic rings. The molecular formula is C35H44F2N4O5S. The highest BCUT2D eigenvalue weighted by Gasteiger charge is 2.37. The number of rotatable bonds is 13.